The fourth-order valence-corrected chi connectivity index (χ4v) is 5.38. The summed E-state index contributed by atoms with van der Waals surface area (Å²) in [6.07, 6.45) is 2.21. The summed E-state index contributed by atoms with van der Waals surface area (Å²) >= 11 is 17.0. The van der Waals surface area contributed by atoms with E-state index in [1.54, 1.807) is 25.1 Å². The van der Waals surface area contributed by atoms with Crippen molar-refractivity contribution in [1.82, 2.24) is 9.55 Å². The van der Waals surface area contributed by atoms with Crippen molar-refractivity contribution in [3.63, 3.8) is 0 Å². The Balaban J connectivity index is 1.77. The second-order valence-electron chi connectivity index (χ2n) is 7.22. The summed E-state index contributed by atoms with van der Waals surface area (Å²) in [5.41, 5.74) is 2.02. The zero-order chi connectivity index (χ0) is 23.0. The number of carbonyl (C=O) groups excluding carboxylic acids is 1. The molecule has 164 valence electrons. The SMILES string of the molecule is CCc1sc2ncn(C(C)C(=O)Nc3cc(Cl)cc(Cl)c3)c(=O)c2c1-c1ccc(Br)cc1. The summed E-state index contributed by atoms with van der Waals surface area (Å²) in [6.45, 7) is 3.71. The highest BCUT2D eigenvalue weighted by Gasteiger charge is 2.22. The van der Waals surface area contributed by atoms with Crippen molar-refractivity contribution in [3.8, 4) is 11.1 Å². The third kappa shape index (κ3) is 4.48. The van der Waals surface area contributed by atoms with Gasteiger partial charge in [-0.2, -0.15) is 0 Å². The van der Waals surface area contributed by atoms with E-state index in [4.69, 9.17) is 23.2 Å². The summed E-state index contributed by atoms with van der Waals surface area (Å²) in [7, 11) is 0. The minimum atomic E-state index is -0.792. The highest BCUT2D eigenvalue weighted by molar-refractivity contribution is 9.10. The Labute approximate surface area is 207 Å². The molecule has 1 unspecified atom stereocenters. The topological polar surface area (TPSA) is 64.0 Å². The van der Waals surface area contributed by atoms with Crippen LogP contribution in [0.5, 0.6) is 0 Å². The largest absolute Gasteiger partial charge is 0.324 e. The van der Waals surface area contributed by atoms with Crippen molar-refractivity contribution in [2.45, 2.75) is 26.3 Å². The fourth-order valence-electron chi connectivity index (χ4n) is 3.50. The number of amides is 1. The van der Waals surface area contributed by atoms with E-state index in [0.29, 0.717) is 25.9 Å². The molecular formula is C23H18BrCl2N3O2S. The monoisotopic (exact) mass is 549 g/mol. The summed E-state index contributed by atoms with van der Waals surface area (Å²) in [4.78, 5) is 32.7. The molecule has 1 atom stereocenters. The predicted molar refractivity (Wildman–Crippen MR) is 136 cm³/mol. The highest BCUT2D eigenvalue weighted by Crippen LogP contribution is 2.37. The molecule has 2 heterocycles. The summed E-state index contributed by atoms with van der Waals surface area (Å²) in [6, 6.07) is 11.8. The minimum Gasteiger partial charge on any atom is -0.324 e. The molecule has 0 spiro atoms. The number of hydrogen-bond donors (Lipinski definition) is 1. The minimum absolute atomic E-state index is 0.254. The van der Waals surface area contributed by atoms with Crippen LogP contribution in [-0.4, -0.2) is 15.5 Å². The Bertz CT molecular complexity index is 1360. The van der Waals surface area contributed by atoms with Crippen molar-refractivity contribution < 1.29 is 4.79 Å². The maximum absolute atomic E-state index is 13.5. The number of anilines is 1. The molecule has 0 saturated carbocycles. The number of halogens is 3. The molecule has 0 aliphatic carbocycles. The molecule has 4 rings (SSSR count). The van der Waals surface area contributed by atoms with Gasteiger partial charge in [-0.1, -0.05) is 58.2 Å². The van der Waals surface area contributed by atoms with Gasteiger partial charge in [0.1, 0.15) is 10.9 Å². The second-order valence-corrected chi connectivity index (χ2v) is 10.1. The van der Waals surface area contributed by atoms with Crippen molar-refractivity contribution in [3.05, 3.63) is 78.5 Å². The number of hydrogen-bond acceptors (Lipinski definition) is 4. The number of aryl methyl sites for hydroxylation is 1. The van der Waals surface area contributed by atoms with Gasteiger partial charge < -0.3 is 5.32 Å². The summed E-state index contributed by atoms with van der Waals surface area (Å²) in [5.74, 6) is -0.372. The Morgan fingerprint density at radius 3 is 2.47 bits per heavy atom. The van der Waals surface area contributed by atoms with E-state index >= 15 is 0 Å². The van der Waals surface area contributed by atoms with Gasteiger partial charge in [0.25, 0.3) is 5.56 Å². The molecule has 4 aromatic rings. The first-order chi connectivity index (χ1) is 15.3. The predicted octanol–water partition coefficient (Wildman–Crippen LogP) is 6.96. The lowest BCUT2D eigenvalue weighted by Crippen LogP contribution is -2.31. The molecule has 0 radical (unpaired) electrons. The van der Waals surface area contributed by atoms with Crippen LogP contribution < -0.4 is 10.9 Å². The number of nitrogens with one attached hydrogen (secondary N) is 1. The van der Waals surface area contributed by atoms with Gasteiger partial charge >= 0.3 is 0 Å². The molecule has 2 aromatic carbocycles. The molecule has 0 bridgehead atoms. The van der Waals surface area contributed by atoms with Crippen LogP contribution in [0.2, 0.25) is 10.0 Å². The Morgan fingerprint density at radius 1 is 1.19 bits per heavy atom. The first kappa shape index (κ1) is 23.0. The molecule has 1 N–H and O–H groups in total. The Kier molecular flexibility index (Phi) is 6.72. The fraction of sp³-hybridized carbons (Fsp3) is 0.174. The van der Waals surface area contributed by atoms with Gasteiger partial charge in [0.15, 0.2) is 0 Å². The van der Waals surface area contributed by atoms with Crippen LogP contribution in [0.4, 0.5) is 5.69 Å². The number of aromatic nitrogens is 2. The van der Waals surface area contributed by atoms with Gasteiger partial charge in [-0.05, 0) is 49.2 Å². The van der Waals surface area contributed by atoms with Crippen LogP contribution in [0.15, 0.2) is 58.1 Å². The van der Waals surface area contributed by atoms with Gasteiger partial charge in [-0.3, -0.25) is 14.2 Å². The molecule has 0 fully saturated rings. The van der Waals surface area contributed by atoms with Gasteiger partial charge in [0.2, 0.25) is 5.91 Å². The molecule has 9 heteroatoms. The molecule has 32 heavy (non-hydrogen) atoms. The third-order valence-electron chi connectivity index (χ3n) is 5.09. The van der Waals surface area contributed by atoms with Gasteiger partial charge in [-0.15, -0.1) is 11.3 Å². The quantitative estimate of drug-likeness (QED) is 0.292. The van der Waals surface area contributed by atoms with Crippen LogP contribution >= 0.6 is 50.5 Å². The molecule has 0 aliphatic heterocycles. The van der Waals surface area contributed by atoms with Crippen LogP contribution in [0.1, 0.15) is 24.8 Å². The van der Waals surface area contributed by atoms with Gasteiger partial charge in [0.05, 0.1) is 11.7 Å². The average molecular weight is 551 g/mol. The Morgan fingerprint density at radius 2 is 1.84 bits per heavy atom. The standard InChI is InChI=1S/C23H18BrCl2N3O2S/c1-3-18-19(13-4-6-14(24)7-5-13)20-22(32-18)27-11-29(23(20)31)12(2)21(30)28-17-9-15(25)8-16(26)10-17/h4-12H,3H2,1-2H3,(H,28,30). The lowest BCUT2D eigenvalue weighted by molar-refractivity contribution is -0.118. The zero-order valence-electron chi connectivity index (χ0n) is 17.2. The van der Waals surface area contributed by atoms with E-state index < -0.39 is 6.04 Å². The van der Waals surface area contributed by atoms with Crippen molar-refractivity contribution >= 4 is 72.3 Å². The lowest BCUT2D eigenvalue weighted by Gasteiger charge is -2.15. The highest BCUT2D eigenvalue weighted by atomic mass is 79.9. The van der Waals surface area contributed by atoms with E-state index in [0.717, 1.165) is 26.9 Å². The Hall–Kier alpha value is -2.19. The number of nitrogens with zero attached hydrogens (tertiary/aromatic N) is 2. The van der Waals surface area contributed by atoms with Crippen molar-refractivity contribution in [2.75, 3.05) is 5.32 Å². The number of fused-ring (bicyclic) bond motifs is 1. The van der Waals surface area contributed by atoms with Crippen LogP contribution in [0, 0.1) is 0 Å². The van der Waals surface area contributed by atoms with Gasteiger partial charge in [-0.25, -0.2) is 4.98 Å². The molecular weight excluding hydrogens is 533 g/mol. The molecule has 5 nitrogen and oxygen atoms in total. The van der Waals surface area contributed by atoms with Crippen LogP contribution in [0.25, 0.3) is 21.3 Å². The maximum atomic E-state index is 13.5. The molecule has 1 amide bonds. The van der Waals surface area contributed by atoms with Crippen molar-refractivity contribution in [1.29, 1.82) is 0 Å². The number of benzene rings is 2. The zero-order valence-corrected chi connectivity index (χ0v) is 21.1. The molecule has 2 aromatic heterocycles. The summed E-state index contributed by atoms with van der Waals surface area (Å²) in [5, 5.41) is 4.11. The normalized spacial score (nSPS) is 12.2. The van der Waals surface area contributed by atoms with Crippen LogP contribution in [-0.2, 0) is 11.2 Å². The number of thiophene rings is 1. The van der Waals surface area contributed by atoms with Crippen molar-refractivity contribution in [2.24, 2.45) is 0 Å². The van der Waals surface area contributed by atoms with E-state index in [2.05, 4.69) is 33.2 Å². The number of carbonyl (C=O) groups is 1. The molecule has 0 aliphatic rings. The first-order valence-corrected chi connectivity index (χ1v) is 12.2. The molecule has 0 saturated heterocycles. The average Bonchev–Trinajstić information content (AvgIpc) is 3.13. The van der Waals surface area contributed by atoms with E-state index in [1.165, 1.54) is 22.2 Å². The van der Waals surface area contributed by atoms with E-state index in [-0.39, 0.29) is 11.5 Å². The lowest BCUT2D eigenvalue weighted by atomic mass is 10.0. The maximum Gasteiger partial charge on any atom is 0.263 e. The third-order valence-corrected chi connectivity index (χ3v) is 7.30. The van der Waals surface area contributed by atoms with E-state index in [1.807, 2.05) is 24.3 Å². The smallest absolute Gasteiger partial charge is 0.263 e. The number of rotatable bonds is 5. The summed E-state index contributed by atoms with van der Waals surface area (Å²) < 4.78 is 2.32. The first-order valence-electron chi connectivity index (χ1n) is 9.84. The van der Waals surface area contributed by atoms with Gasteiger partial charge in [0, 0.05) is 30.6 Å². The van der Waals surface area contributed by atoms with E-state index in [9.17, 15) is 9.59 Å². The second kappa shape index (κ2) is 9.35. The van der Waals surface area contributed by atoms with Crippen LogP contribution in [0.3, 0.4) is 0 Å².